The number of halogens is 1. The van der Waals surface area contributed by atoms with Crippen LogP contribution in [0, 0.1) is 0 Å². The summed E-state index contributed by atoms with van der Waals surface area (Å²) in [5.41, 5.74) is 8.71. The molecule has 3 N–H and O–H groups in total. The van der Waals surface area contributed by atoms with Gasteiger partial charge in [-0.05, 0) is 36.8 Å². The van der Waals surface area contributed by atoms with Crippen LogP contribution in [-0.2, 0) is 6.42 Å². The molecule has 0 atom stereocenters. The average Bonchev–Trinajstić information content (AvgIpc) is 2.86. The van der Waals surface area contributed by atoms with E-state index in [-0.39, 0.29) is 11.7 Å². The number of nitrogens with two attached hydrogens (primary N) is 1. The van der Waals surface area contributed by atoms with E-state index in [1.54, 1.807) is 4.90 Å². The summed E-state index contributed by atoms with van der Waals surface area (Å²) in [5.74, 6) is -0.208. The monoisotopic (exact) mass is 288 g/mol. The Labute approximate surface area is 121 Å². The molecule has 0 fully saturated rings. The van der Waals surface area contributed by atoms with Crippen molar-refractivity contribution < 1.29 is 9.90 Å². The highest BCUT2D eigenvalue weighted by Gasteiger charge is 2.28. The van der Waals surface area contributed by atoms with E-state index in [1.165, 1.54) is 18.2 Å². The molecule has 5 heteroatoms. The molecule has 1 amide bonds. The fraction of sp³-hybridized carbons (Fsp3) is 0.133. The van der Waals surface area contributed by atoms with E-state index in [0.717, 1.165) is 17.7 Å². The molecular weight excluding hydrogens is 276 g/mol. The summed E-state index contributed by atoms with van der Waals surface area (Å²) in [4.78, 5) is 14.2. The van der Waals surface area contributed by atoms with Gasteiger partial charge in [0.2, 0.25) is 0 Å². The Hall–Kier alpha value is -2.20. The number of aromatic hydroxyl groups is 1. The second-order valence-electron chi connectivity index (χ2n) is 4.72. The van der Waals surface area contributed by atoms with Crippen molar-refractivity contribution in [3.05, 3.63) is 52.5 Å². The van der Waals surface area contributed by atoms with Crippen LogP contribution in [0.4, 0.5) is 11.4 Å². The number of rotatable bonds is 1. The van der Waals surface area contributed by atoms with Crippen LogP contribution in [0.5, 0.6) is 5.75 Å². The topological polar surface area (TPSA) is 66.6 Å². The van der Waals surface area contributed by atoms with Crippen molar-refractivity contribution >= 4 is 28.9 Å². The van der Waals surface area contributed by atoms with Crippen molar-refractivity contribution in [3.63, 3.8) is 0 Å². The van der Waals surface area contributed by atoms with Gasteiger partial charge >= 0.3 is 0 Å². The van der Waals surface area contributed by atoms with E-state index >= 15 is 0 Å². The van der Waals surface area contributed by atoms with E-state index in [9.17, 15) is 9.90 Å². The summed E-state index contributed by atoms with van der Waals surface area (Å²) < 4.78 is 0. The van der Waals surface area contributed by atoms with E-state index in [4.69, 9.17) is 17.3 Å². The van der Waals surface area contributed by atoms with Crippen LogP contribution < -0.4 is 10.6 Å². The van der Waals surface area contributed by atoms with Crippen LogP contribution >= 0.6 is 11.6 Å². The number of hydrogen-bond donors (Lipinski definition) is 2. The van der Waals surface area contributed by atoms with Gasteiger partial charge in [-0.2, -0.15) is 0 Å². The molecule has 0 aromatic heterocycles. The molecule has 20 heavy (non-hydrogen) atoms. The number of carbonyl (C=O) groups excluding carboxylic acids is 1. The number of fused-ring (bicyclic) bond motifs is 1. The molecule has 1 heterocycles. The standard InChI is InChI=1S/C15H13ClN2O2/c16-12-5-4-9(19)8-11(12)15(20)18-7-6-10-13(17)2-1-3-14(10)18/h1-5,8,19H,6-7,17H2. The Balaban J connectivity index is 2.02. The molecule has 0 aliphatic carbocycles. The van der Waals surface area contributed by atoms with Crippen molar-refractivity contribution in [2.75, 3.05) is 17.2 Å². The number of anilines is 2. The highest BCUT2D eigenvalue weighted by molar-refractivity contribution is 6.34. The van der Waals surface area contributed by atoms with Crippen LogP contribution in [0.1, 0.15) is 15.9 Å². The van der Waals surface area contributed by atoms with E-state index < -0.39 is 0 Å². The van der Waals surface area contributed by atoms with Crippen molar-refractivity contribution in [1.82, 2.24) is 0 Å². The van der Waals surface area contributed by atoms with E-state index in [1.807, 2.05) is 18.2 Å². The van der Waals surface area contributed by atoms with Gasteiger partial charge in [0.1, 0.15) is 5.75 Å². The molecule has 0 spiro atoms. The second-order valence-corrected chi connectivity index (χ2v) is 5.12. The van der Waals surface area contributed by atoms with E-state index in [0.29, 0.717) is 22.8 Å². The molecule has 0 radical (unpaired) electrons. The fourth-order valence-corrected chi connectivity index (χ4v) is 2.69. The van der Waals surface area contributed by atoms with Gasteiger partial charge in [0.05, 0.1) is 10.6 Å². The second kappa shape index (κ2) is 4.72. The molecule has 4 nitrogen and oxygen atoms in total. The SMILES string of the molecule is Nc1cccc2c1CCN2C(=O)c1cc(O)ccc1Cl. The predicted octanol–water partition coefficient (Wildman–Crippen LogP) is 2.83. The first kappa shape index (κ1) is 12.8. The number of phenolic OH excluding ortho intramolecular Hbond substituents is 1. The molecule has 2 aromatic carbocycles. The minimum atomic E-state index is -0.227. The first-order valence-corrected chi connectivity index (χ1v) is 6.63. The van der Waals surface area contributed by atoms with Crippen LogP contribution in [0.15, 0.2) is 36.4 Å². The Morgan fingerprint density at radius 1 is 1.30 bits per heavy atom. The summed E-state index contributed by atoms with van der Waals surface area (Å²) in [6, 6.07) is 9.87. The van der Waals surface area contributed by atoms with Crippen LogP contribution in [0.2, 0.25) is 5.02 Å². The number of nitrogens with zero attached hydrogens (tertiary/aromatic N) is 1. The van der Waals surface area contributed by atoms with Gasteiger partial charge < -0.3 is 15.7 Å². The number of amides is 1. The molecular formula is C15H13ClN2O2. The maximum atomic E-state index is 12.6. The molecule has 0 saturated heterocycles. The number of carbonyl (C=O) groups is 1. The Morgan fingerprint density at radius 3 is 2.90 bits per heavy atom. The van der Waals surface area contributed by atoms with Crippen LogP contribution in [0.25, 0.3) is 0 Å². The first-order chi connectivity index (χ1) is 9.58. The van der Waals surface area contributed by atoms with Crippen LogP contribution in [0.3, 0.4) is 0 Å². The quantitative estimate of drug-likeness (QED) is 0.793. The molecule has 0 saturated carbocycles. The molecule has 1 aliphatic heterocycles. The molecule has 1 aliphatic rings. The predicted molar refractivity (Wildman–Crippen MR) is 79.4 cm³/mol. The smallest absolute Gasteiger partial charge is 0.259 e. The van der Waals surface area contributed by atoms with Gasteiger partial charge in [0, 0.05) is 23.5 Å². The largest absolute Gasteiger partial charge is 0.508 e. The van der Waals surface area contributed by atoms with E-state index in [2.05, 4.69) is 0 Å². The van der Waals surface area contributed by atoms with Crippen LogP contribution in [-0.4, -0.2) is 17.6 Å². The van der Waals surface area contributed by atoms with Gasteiger partial charge in [0.15, 0.2) is 0 Å². The van der Waals surface area contributed by atoms with Crippen molar-refractivity contribution in [2.24, 2.45) is 0 Å². The maximum absolute atomic E-state index is 12.6. The zero-order valence-corrected chi connectivity index (χ0v) is 11.4. The minimum absolute atomic E-state index is 0.0183. The van der Waals surface area contributed by atoms with Gasteiger partial charge in [-0.15, -0.1) is 0 Å². The minimum Gasteiger partial charge on any atom is -0.508 e. The summed E-state index contributed by atoms with van der Waals surface area (Å²) in [5, 5.41) is 9.84. The van der Waals surface area contributed by atoms with Crippen molar-refractivity contribution in [2.45, 2.75) is 6.42 Å². The Kier molecular flexibility index (Phi) is 3.03. The lowest BCUT2D eigenvalue weighted by molar-refractivity contribution is 0.0989. The maximum Gasteiger partial charge on any atom is 0.259 e. The van der Waals surface area contributed by atoms with Gasteiger partial charge in [-0.1, -0.05) is 17.7 Å². The molecule has 2 aromatic rings. The van der Waals surface area contributed by atoms with Crippen molar-refractivity contribution in [3.8, 4) is 5.75 Å². The number of benzene rings is 2. The van der Waals surface area contributed by atoms with Gasteiger partial charge in [0.25, 0.3) is 5.91 Å². The molecule has 0 unspecified atom stereocenters. The first-order valence-electron chi connectivity index (χ1n) is 6.25. The number of phenols is 1. The summed E-state index contributed by atoms with van der Waals surface area (Å²) in [7, 11) is 0. The lowest BCUT2D eigenvalue weighted by atomic mass is 10.1. The highest BCUT2D eigenvalue weighted by Crippen LogP contribution is 2.34. The lowest BCUT2D eigenvalue weighted by Gasteiger charge is -2.18. The number of nitrogen functional groups attached to an aromatic ring is 1. The zero-order valence-electron chi connectivity index (χ0n) is 10.6. The van der Waals surface area contributed by atoms with Gasteiger partial charge in [-0.25, -0.2) is 0 Å². The van der Waals surface area contributed by atoms with Crippen molar-refractivity contribution in [1.29, 1.82) is 0 Å². The molecule has 0 bridgehead atoms. The fourth-order valence-electron chi connectivity index (χ4n) is 2.49. The normalized spacial score (nSPS) is 13.3. The zero-order chi connectivity index (χ0) is 14.3. The third kappa shape index (κ3) is 1.98. The highest BCUT2D eigenvalue weighted by atomic mass is 35.5. The third-order valence-electron chi connectivity index (χ3n) is 3.49. The Morgan fingerprint density at radius 2 is 2.10 bits per heavy atom. The lowest BCUT2D eigenvalue weighted by Crippen LogP contribution is -2.29. The summed E-state index contributed by atoms with van der Waals surface area (Å²) in [6.45, 7) is 0.564. The van der Waals surface area contributed by atoms with Gasteiger partial charge in [-0.3, -0.25) is 4.79 Å². The Bertz CT molecular complexity index is 700. The number of hydrogen-bond acceptors (Lipinski definition) is 3. The molecule has 3 rings (SSSR count). The molecule has 102 valence electrons. The summed E-state index contributed by atoms with van der Waals surface area (Å²) in [6.07, 6.45) is 0.726. The average molecular weight is 289 g/mol. The third-order valence-corrected chi connectivity index (χ3v) is 3.82. The summed E-state index contributed by atoms with van der Waals surface area (Å²) >= 11 is 6.04.